The van der Waals surface area contributed by atoms with Crippen LogP contribution in [0.3, 0.4) is 0 Å². The minimum Gasteiger partial charge on any atom is -0.337 e. The Morgan fingerprint density at radius 1 is 1.26 bits per heavy atom. The molecule has 0 aliphatic rings. The number of pyridine rings is 1. The molecule has 2 aromatic rings. The molecule has 0 amide bonds. The highest BCUT2D eigenvalue weighted by Crippen LogP contribution is 2.26. The van der Waals surface area contributed by atoms with Gasteiger partial charge in [-0.05, 0) is 30.9 Å². The maximum Gasteiger partial charge on any atom is 0.247 e. The molecule has 19 heavy (non-hydrogen) atoms. The molecule has 0 radical (unpaired) electrons. The van der Waals surface area contributed by atoms with Gasteiger partial charge in [-0.3, -0.25) is 4.98 Å². The fourth-order valence-corrected chi connectivity index (χ4v) is 2.00. The highest BCUT2D eigenvalue weighted by atomic mass is 16.5. The predicted octanol–water partition coefficient (Wildman–Crippen LogP) is 2.67. The molecular formula is C14H20N4O. The quantitative estimate of drug-likeness (QED) is 0.894. The molecule has 2 heterocycles. The Morgan fingerprint density at radius 3 is 2.63 bits per heavy atom. The SMILES string of the molecule is CCc1cccnc1-c1noc(C(N)(CC)CC)n1. The molecule has 0 bridgehead atoms. The number of hydrogen-bond donors (Lipinski definition) is 1. The second kappa shape index (κ2) is 5.48. The van der Waals surface area contributed by atoms with E-state index in [2.05, 4.69) is 22.0 Å². The van der Waals surface area contributed by atoms with Crippen LogP contribution in [0.2, 0.25) is 0 Å². The molecule has 0 aromatic carbocycles. The van der Waals surface area contributed by atoms with Crippen molar-refractivity contribution >= 4 is 0 Å². The molecule has 5 nitrogen and oxygen atoms in total. The third-order valence-electron chi connectivity index (χ3n) is 3.60. The number of aryl methyl sites for hydroxylation is 1. The van der Waals surface area contributed by atoms with E-state index in [0.29, 0.717) is 11.7 Å². The second-order valence-electron chi connectivity index (χ2n) is 4.65. The van der Waals surface area contributed by atoms with E-state index in [1.165, 1.54) is 0 Å². The van der Waals surface area contributed by atoms with Crippen LogP contribution >= 0.6 is 0 Å². The fourth-order valence-electron chi connectivity index (χ4n) is 2.00. The Bertz CT molecular complexity index is 546. The van der Waals surface area contributed by atoms with E-state index in [9.17, 15) is 0 Å². The van der Waals surface area contributed by atoms with Gasteiger partial charge in [0.05, 0.1) is 5.54 Å². The summed E-state index contributed by atoms with van der Waals surface area (Å²) in [6.45, 7) is 6.12. The van der Waals surface area contributed by atoms with Gasteiger partial charge in [0.15, 0.2) is 0 Å². The van der Waals surface area contributed by atoms with Gasteiger partial charge < -0.3 is 10.3 Å². The molecule has 0 fully saturated rings. The first-order chi connectivity index (χ1) is 9.14. The van der Waals surface area contributed by atoms with E-state index >= 15 is 0 Å². The minimum atomic E-state index is -0.549. The molecule has 2 aromatic heterocycles. The zero-order valence-electron chi connectivity index (χ0n) is 11.7. The molecule has 0 atom stereocenters. The first-order valence-corrected chi connectivity index (χ1v) is 6.72. The van der Waals surface area contributed by atoms with Crippen molar-refractivity contribution < 1.29 is 4.52 Å². The lowest BCUT2D eigenvalue weighted by Gasteiger charge is -2.20. The molecule has 5 heteroatoms. The fraction of sp³-hybridized carbons (Fsp3) is 0.500. The molecule has 0 aliphatic carbocycles. The smallest absolute Gasteiger partial charge is 0.247 e. The molecule has 0 unspecified atom stereocenters. The van der Waals surface area contributed by atoms with Gasteiger partial charge in [-0.25, -0.2) is 0 Å². The highest BCUT2D eigenvalue weighted by Gasteiger charge is 2.30. The van der Waals surface area contributed by atoms with Crippen LogP contribution in [0, 0.1) is 0 Å². The largest absolute Gasteiger partial charge is 0.337 e. The summed E-state index contributed by atoms with van der Waals surface area (Å²) in [5.74, 6) is 1.00. The Kier molecular flexibility index (Phi) is 3.95. The third-order valence-corrected chi connectivity index (χ3v) is 3.60. The highest BCUT2D eigenvalue weighted by molar-refractivity contribution is 5.53. The average molecular weight is 260 g/mol. The van der Waals surface area contributed by atoms with Gasteiger partial charge in [0.25, 0.3) is 0 Å². The maximum atomic E-state index is 6.26. The number of nitrogens with zero attached hydrogens (tertiary/aromatic N) is 3. The van der Waals surface area contributed by atoms with E-state index in [4.69, 9.17) is 10.3 Å². The standard InChI is InChI=1S/C14H20N4O/c1-4-10-8-7-9-16-11(10)12-17-13(19-18-12)14(15,5-2)6-3/h7-9H,4-6,15H2,1-3H3. The lowest BCUT2D eigenvalue weighted by Crippen LogP contribution is -2.35. The summed E-state index contributed by atoms with van der Waals surface area (Å²) in [4.78, 5) is 8.78. The monoisotopic (exact) mass is 260 g/mol. The molecule has 0 saturated heterocycles. The van der Waals surface area contributed by atoms with Crippen molar-refractivity contribution in [3.63, 3.8) is 0 Å². The van der Waals surface area contributed by atoms with Gasteiger partial charge in [-0.1, -0.05) is 32.0 Å². The Balaban J connectivity index is 2.41. The van der Waals surface area contributed by atoms with Crippen molar-refractivity contribution in [1.82, 2.24) is 15.1 Å². The summed E-state index contributed by atoms with van der Waals surface area (Å²) in [5, 5.41) is 4.03. The Hall–Kier alpha value is -1.75. The van der Waals surface area contributed by atoms with Crippen molar-refractivity contribution in [1.29, 1.82) is 0 Å². The first-order valence-electron chi connectivity index (χ1n) is 6.72. The number of aromatic nitrogens is 3. The summed E-state index contributed by atoms with van der Waals surface area (Å²) in [7, 11) is 0. The summed E-state index contributed by atoms with van der Waals surface area (Å²) < 4.78 is 5.34. The molecule has 102 valence electrons. The zero-order valence-corrected chi connectivity index (χ0v) is 11.7. The molecule has 0 aliphatic heterocycles. The Morgan fingerprint density at radius 2 is 2.00 bits per heavy atom. The first kappa shape index (κ1) is 13.7. The molecule has 2 rings (SSSR count). The van der Waals surface area contributed by atoms with E-state index in [0.717, 1.165) is 30.5 Å². The van der Waals surface area contributed by atoms with E-state index in [1.807, 2.05) is 26.0 Å². The topological polar surface area (TPSA) is 77.8 Å². The maximum absolute atomic E-state index is 6.26. The molecule has 0 spiro atoms. The summed E-state index contributed by atoms with van der Waals surface area (Å²) >= 11 is 0. The van der Waals surface area contributed by atoms with Crippen LogP contribution in [0.15, 0.2) is 22.9 Å². The third kappa shape index (κ3) is 2.51. The van der Waals surface area contributed by atoms with Gasteiger partial charge in [0.1, 0.15) is 5.69 Å². The van der Waals surface area contributed by atoms with Crippen molar-refractivity contribution in [2.75, 3.05) is 0 Å². The van der Waals surface area contributed by atoms with E-state index in [1.54, 1.807) is 6.20 Å². The molecule has 2 N–H and O–H groups in total. The number of hydrogen-bond acceptors (Lipinski definition) is 5. The summed E-state index contributed by atoms with van der Waals surface area (Å²) in [6, 6.07) is 3.93. The number of rotatable bonds is 5. The van der Waals surface area contributed by atoms with Crippen molar-refractivity contribution in [2.24, 2.45) is 5.73 Å². The minimum absolute atomic E-state index is 0.486. The normalized spacial score (nSPS) is 11.8. The molecule has 0 saturated carbocycles. The van der Waals surface area contributed by atoms with E-state index < -0.39 is 5.54 Å². The van der Waals surface area contributed by atoms with Gasteiger partial charge in [-0.15, -0.1) is 0 Å². The predicted molar refractivity (Wildman–Crippen MR) is 73.4 cm³/mol. The Labute approximate surface area is 113 Å². The average Bonchev–Trinajstić information content (AvgIpc) is 2.96. The van der Waals surface area contributed by atoms with Crippen molar-refractivity contribution in [2.45, 2.75) is 45.6 Å². The number of nitrogens with two attached hydrogens (primary N) is 1. The van der Waals surface area contributed by atoms with Crippen LogP contribution < -0.4 is 5.73 Å². The van der Waals surface area contributed by atoms with Gasteiger partial charge in [0.2, 0.25) is 11.7 Å². The van der Waals surface area contributed by atoms with Crippen LogP contribution in [0.4, 0.5) is 0 Å². The zero-order chi connectivity index (χ0) is 13.9. The second-order valence-corrected chi connectivity index (χ2v) is 4.65. The van der Waals surface area contributed by atoms with Crippen molar-refractivity contribution in [3.8, 4) is 11.5 Å². The summed E-state index contributed by atoms with van der Waals surface area (Å²) in [6.07, 6.45) is 4.13. The van der Waals surface area contributed by atoms with Crippen LogP contribution in [-0.2, 0) is 12.0 Å². The lowest BCUT2D eigenvalue weighted by atomic mass is 9.94. The van der Waals surface area contributed by atoms with E-state index in [-0.39, 0.29) is 0 Å². The van der Waals surface area contributed by atoms with Crippen LogP contribution in [0.5, 0.6) is 0 Å². The summed E-state index contributed by atoms with van der Waals surface area (Å²) in [5.41, 5.74) is 7.59. The van der Waals surface area contributed by atoms with Crippen molar-refractivity contribution in [3.05, 3.63) is 29.8 Å². The lowest BCUT2D eigenvalue weighted by molar-refractivity contribution is 0.268. The van der Waals surface area contributed by atoms with Gasteiger partial charge in [0, 0.05) is 6.20 Å². The van der Waals surface area contributed by atoms with Gasteiger partial charge >= 0.3 is 0 Å². The van der Waals surface area contributed by atoms with Gasteiger partial charge in [-0.2, -0.15) is 4.98 Å². The van der Waals surface area contributed by atoms with Crippen LogP contribution in [-0.4, -0.2) is 15.1 Å². The van der Waals surface area contributed by atoms with Crippen LogP contribution in [0.1, 0.15) is 45.1 Å². The molecular weight excluding hydrogens is 240 g/mol. The van der Waals surface area contributed by atoms with Crippen LogP contribution in [0.25, 0.3) is 11.5 Å².